The Hall–Kier alpha value is -2.60. The van der Waals surface area contributed by atoms with Gasteiger partial charge in [-0.3, -0.25) is 4.79 Å². The zero-order valence-electron chi connectivity index (χ0n) is 19.3. The van der Waals surface area contributed by atoms with Gasteiger partial charge in [0.25, 0.3) is 0 Å². The fourth-order valence-corrected chi connectivity index (χ4v) is 5.81. The molecule has 2 fully saturated rings. The number of furan rings is 1. The van der Waals surface area contributed by atoms with Crippen LogP contribution in [-0.4, -0.2) is 36.5 Å². The number of nitrogens with zero attached hydrogens (tertiary/aromatic N) is 1. The standard InChI is InChI=1S/C26H32N2O4/c1-15-14-31-24-17(3)25-20(11-19(15)24)16(2)21(26(30)32-25)12-23(29)27-13-18-7-6-10-28-9-5-4-8-22(18)28/h11,14,18,22H,4-10,12-13H2,1-3H3,(H,27,29)/t18-,22-/m0/s1. The highest BCUT2D eigenvalue weighted by Gasteiger charge is 2.33. The van der Waals surface area contributed by atoms with E-state index in [1.54, 1.807) is 6.26 Å². The van der Waals surface area contributed by atoms with Crippen LogP contribution in [0.25, 0.3) is 21.9 Å². The number of aryl methyl sites for hydroxylation is 3. The summed E-state index contributed by atoms with van der Waals surface area (Å²) in [4.78, 5) is 28.2. The molecule has 0 bridgehead atoms. The molecule has 2 aliphatic rings. The van der Waals surface area contributed by atoms with E-state index in [9.17, 15) is 9.59 Å². The molecule has 2 aliphatic heterocycles. The van der Waals surface area contributed by atoms with Crippen molar-refractivity contribution in [3.05, 3.63) is 45.0 Å². The van der Waals surface area contributed by atoms with Crippen LogP contribution in [0.15, 0.2) is 26.0 Å². The lowest BCUT2D eigenvalue weighted by atomic mass is 9.83. The topological polar surface area (TPSA) is 75.7 Å². The molecule has 1 aromatic carbocycles. The van der Waals surface area contributed by atoms with Crippen LogP contribution in [0.5, 0.6) is 0 Å². The van der Waals surface area contributed by atoms with Gasteiger partial charge in [-0.15, -0.1) is 0 Å². The first kappa shape index (κ1) is 21.3. The van der Waals surface area contributed by atoms with Gasteiger partial charge in [0.2, 0.25) is 5.91 Å². The van der Waals surface area contributed by atoms with Gasteiger partial charge in [-0.05, 0) is 82.7 Å². The van der Waals surface area contributed by atoms with E-state index >= 15 is 0 Å². The zero-order valence-corrected chi connectivity index (χ0v) is 19.3. The molecular formula is C26H32N2O4. The first-order valence-corrected chi connectivity index (χ1v) is 11.9. The number of amides is 1. The Balaban J connectivity index is 1.36. The molecule has 1 amide bonds. The quantitative estimate of drug-likeness (QED) is 0.614. The summed E-state index contributed by atoms with van der Waals surface area (Å²) < 4.78 is 11.3. The van der Waals surface area contributed by atoms with Crippen molar-refractivity contribution < 1.29 is 13.6 Å². The first-order valence-electron chi connectivity index (χ1n) is 11.9. The third-order valence-corrected chi connectivity index (χ3v) is 7.66. The third-order valence-electron chi connectivity index (χ3n) is 7.66. The van der Waals surface area contributed by atoms with Crippen molar-refractivity contribution >= 4 is 27.8 Å². The molecule has 0 aliphatic carbocycles. The molecule has 3 aromatic rings. The Morgan fingerprint density at radius 3 is 2.72 bits per heavy atom. The van der Waals surface area contributed by atoms with Crippen LogP contribution in [0.2, 0.25) is 0 Å². The average Bonchev–Trinajstić information content (AvgIpc) is 3.17. The smallest absolute Gasteiger partial charge is 0.340 e. The molecule has 0 spiro atoms. The number of carbonyl (C=O) groups excluding carboxylic acids is 1. The first-order chi connectivity index (χ1) is 15.4. The number of hydrogen-bond donors (Lipinski definition) is 1. The highest BCUT2D eigenvalue weighted by molar-refractivity contribution is 6.00. The van der Waals surface area contributed by atoms with Gasteiger partial charge in [0.1, 0.15) is 11.2 Å². The maximum absolute atomic E-state index is 12.8. The molecule has 6 heteroatoms. The van der Waals surface area contributed by atoms with E-state index in [2.05, 4.69) is 10.2 Å². The van der Waals surface area contributed by atoms with Crippen molar-refractivity contribution in [2.45, 2.75) is 65.3 Å². The van der Waals surface area contributed by atoms with Crippen LogP contribution in [-0.2, 0) is 11.2 Å². The predicted molar refractivity (Wildman–Crippen MR) is 125 cm³/mol. The van der Waals surface area contributed by atoms with Gasteiger partial charge in [-0.2, -0.15) is 0 Å². The van der Waals surface area contributed by atoms with E-state index in [-0.39, 0.29) is 12.3 Å². The Bertz CT molecular complexity index is 1240. The number of hydrogen-bond acceptors (Lipinski definition) is 5. The zero-order chi connectivity index (χ0) is 22.4. The number of benzene rings is 1. The Kier molecular flexibility index (Phi) is 5.58. The maximum Gasteiger partial charge on any atom is 0.340 e. The van der Waals surface area contributed by atoms with Gasteiger partial charge in [-0.1, -0.05) is 6.42 Å². The molecule has 5 rings (SSSR count). The largest absolute Gasteiger partial charge is 0.464 e. The summed E-state index contributed by atoms with van der Waals surface area (Å²) in [6, 6.07) is 2.60. The van der Waals surface area contributed by atoms with E-state index < -0.39 is 5.63 Å². The minimum atomic E-state index is -0.438. The highest BCUT2D eigenvalue weighted by atomic mass is 16.4. The molecule has 2 saturated heterocycles. The van der Waals surface area contributed by atoms with E-state index in [0.717, 1.165) is 39.5 Å². The molecule has 0 radical (unpaired) electrons. The number of carbonyl (C=O) groups is 1. The summed E-state index contributed by atoms with van der Waals surface area (Å²) in [7, 11) is 0. The number of piperidine rings is 2. The summed E-state index contributed by atoms with van der Waals surface area (Å²) >= 11 is 0. The monoisotopic (exact) mass is 436 g/mol. The van der Waals surface area contributed by atoms with Crippen molar-refractivity contribution in [3.8, 4) is 0 Å². The van der Waals surface area contributed by atoms with Crippen molar-refractivity contribution in [2.24, 2.45) is 5.92 Å². The normalized spacial score (nSPS) is 21.7. The molecule has 4 heterocycles. The summed E-state index contributed by atoms with van der Waals surface area (Å²) in [6.07, 6.45) is 7.94. The minimum absolute atomic E-state index is 0.0483. The fourth-order valence-electron chi connectivity index (χ4n) is 5.81. The Morgan fingerprint density at radius 2 is 1.88 bits per heavy atom. The van der Waals surface area contributed by atoms with Crippen molar-refractivity contribution in [1.29, 1.82) is 0 Å². The van der Waals surface area contributed by atoms with Gasteiger partial charge >= 0.3 is 5.63 Å². The second-order valence-electron chi connectivity index (χ2n) is 9.65. The van der Waals surface area contributed by atoms with Crippen molar-refractivity contribution in [2.75, 3.05) is 19.6 Å². The van der Waals surface area contributed by atoms with Crippen LogP contribution in [0, 0.1) is 26.7 Å². The molecule has 1 N–H and O–H groups in total. The number of nitrogens with one attached hydrogen (secondary N) is 1. The molecule has 0 unspecified atom stereocenters. The predicted octanol–water partition coefficient (Wildman–Crippen LogP) is 4.39. The fraction of sp³-hybridized carbons (Fsp3) is 0.538. The summed E-state index contributed by atoms with van der Waals surface area (Å²) in [5.41, 5.74) is 3.96. The lowest BCUT2D eigenvalue weighted by Gasteiger charge is -2.44. The highest BCUT2D eigenvalue weighted by Crippen LogP contribution is 2.33. The van der Waals surface area contributed by atoms with E-state index in [0.29, 0.717) is 29.7 Å². The summed E-state index contributed by atoms with van der Waals surface area (Å²) in [6.45, 7) is 8.87. The van der Waals surface area contributed by atoms with Crippen LogP contribution in [0.4, 0.5) is 0 Å². The van der Waals surface area contributed by atoms with Crippen LogP contribution < -0.4 is 10.9 Å². The SMILES string of the molecule is Cc1coc2c(C)c3oc(=O)c(CC(=O)NC[C@@H]4CCCN5CCCC[C@@H]45)c(C)c3cc12. The lowest BCUT2D eigenvalue weighted by Crippen LogP contribution is -2.51. The van der Waals surface area contributed by atoms with Gasteiger partial charge in [0, 0.05) is 28.9 Å². The number of rotatable bonds is 4. The summed E-state index contributed by atoms with van der Waals surface area (Å²) in [5, 5.41) is 5.00. The van der Waals surface area contributed by atoms with E-state index in [4.69, 9.17) is 8.83 Å². The van der Waals surface area contributed by atoms with E-state index in [1.807, 2.05) is 26.8 Å². The third kappa shape index (κ3) is 3.64. The molecule has 2 aromatic heterocycles. The summed E-state index contributed by atoms with van der Waals surface area (Å²) in [5.74, 6) is 0.395. The molecule has 0 saturated carbocycles. The molecule has 32 heavy (non-hydrogen) atoms. The Labute approximate surface area is 187 Å². The Morgan fingerprint density at radius 1 is 1.06 bits per heavy atom. The van der Waals surface area contributed by atoms with Crippen LogP contribution in [0.3, 0.4) is 0 Å². The van der Waals surface area contributed by atoms with Crippen LogP contribution in [0.1, 0.15) is 54.4 Å². The van der Waals surface area contributed by atoms with E-state index in [1.165, 1.54) is 38.8 Å². The van der Waals surface area contributed by atoms with Crippen molar-refractivity contribution in [1.82, 2.24) is 10.2 Å². The second-order valence-corrected chi connectivity index (χ2v) is 9.65. The van der Waals surface area contributed by atoms with Crippen LogP contribution >= 0.6 is 0 Å². The second kappa shape index (κ2) is 8.39. The maximum atomic E-state index is 12.8. The average molecular weight is 437 g/mol. The molecule has 6 nitrogen and oxygen atoms in total. The molecule has 2 atom stereocenters. The van der Waals surface area contributed by atoms with Gasteiger partial charge < -0.3 is 19.1 Å². The minimum Gasteiger partial charge on any atom is -0.464 e. The lowest BCUT2D eigenvalue weighted by molar-refractivity contribution is -0.120. The van der Waals surface area contributed by atoms with Gasteiger partial charge in [0.15, 0.2) is 0 Å². The van der Waals surface area contributed by atoms with Gasteiger partial charge in [-0.25, -0.2) is 4.79 Å². The van der Waals surface area contributed by atoms with Gasteiger partial charge in [0.05, 0.1) is 18.2 Å². The molecule has 170 valence electrons. The molecular weight excluding hydrogens is 404 g/mol. The number of fused-ring (bicyclic) bond motifs is 3. The van der Waals surface area contributed by atoms with Crippen molar-refractivity contribution in [3.63, 3.8) is 0 Å².